The minimum Gasteiger partial charge on any atom is -0.492 e. The minimum atomic E-state index is -4.34. The first-order valence-electron chi connectivity index (χ1n) is 20.7. The molecule has 60 heavy (non-hydrogen) atoms. The maximum absolute atomic E-state index is 13.9. The van der Waals surface area contributed by atoms with Crippen LogP contribution in [0.4, 0.5) is 5.69 Å². The number of benzene rings is 3. The Morgan fingerprint density at radius 3 is 2.47 bits per heavy atom. The average Bonchev–Trinajstić information content (AvgIpc) is 3.70. The summed E-state index contributed by atoms with van der Waals surface area (Å²) in [4.78, 5) is 26.0. The number of carbonyl (C=O) groups excluding carboxylic acids is 1. The number of carbonyl (C=O) groups is 1. The molecule has 14 heteroatoms. The number of piperazine rings is 1. The molecule has 2 aromatic heterocycles. The van der Waals surface area contributed by atoms with Crippen LogP contribution >= 0.6 is 23.2 Å². The van der Waals surface area contributed by atoms with Crippen LogP contribution in [0.5, 0.6) is 17.2 Å². The molecule has 11 nitrogen and oxygen atoms in total. The molecule has 1 aliphatic heterocycles. The maximum Gasteiger partial charge on any atom is 0.268 e. The van der Waals surface area contributed by atoms with Crippen LogP contribution < -0.4 is 19.1 Å². The summed E-state index contributed by atoms with van der Waals surface area (Å²) in [6.07, 6.45) is 9.48. The number of hydrogen-bond acceptors (Lipinski definition) is 9. The Morgan fingerprint density at radius 1 is 0.950 bits per heavy atom. The Morgan fingerprint density at radius 2 is 1.72 bits per heavy atom. The SMILES string of the molecule is CC1(C)CCC(CN2CCN(c3ccc(C(=O)NS(=O)(=O)c4ccc(OCC5CCC(O)CC5)c(Cl)c4)c(Oc4cnc5[nH]ccc5c4)c3)CC2)=C(c2ccc(Cl)cc2)C1. The van der Waals surface area contributed by atoms with Crippen molar-refractivity contribution in [1.82, 2.24) is 19.6 Å². The number of sulfonamides is 1. The first kappa shape index (κ1) is 42.1. The lowest BCUT2D eigenvalue weighted by molar-refractivity contribution is 0.0917. The standard InChI is InChI=1S/C46H51Cl2N5O6S/c1-46(2)17-15-33(40(26-46)31-5-7-34(47)8-6-31)28-52-19-21-53(22-20-52)35-9-13-39(43(24-35)59-37-23-32-16-18-49-44(32)50-27-37)45(55)51-60(56,57)38-12-14-42(41(48)25-38)58-29-30-3-10-36(54)11-4-30/h5-9,12-14,16,18,23-25,27,30,36,54H,3-4,10-11,15,17,19-22,26,28-29H2,1-2H3,(H,49,50)(H,51,55). The molecule has 0 bridgehead atoms. The number of rotatable bonds is 12. The van der Waals surface area contributed by atoms with E-state index in [2.05, 4.69) is 50.5 Å². The van der Waals surface area contributed by atoms with E-state index < -0.39 is 15.9 Å². The van der Waals surface area contributed by atoms with E-state index in [1.165, 1.54) is 34.9 Å². The van der Waals surface area contributed by atoms with Crippen molar-refractivity contribution in [3.8, 4) is 17.2 Å². The third-order valence-electron chi connectivity index (χ3n) is 12.1. The fourth-order valence-corrected chi connectivity index (χ4v) is 9.92. The Hall–Kier alpha value is -4.59. The minimum absolute atomic E-state index is 0.0423. The van der Waals surface area contributed by atoms with Crippen LogP contribution in [0, 0.1) is 11.3 Å². The van der Waals surface area contributed by atoms with Gasteiger partial charge in [0.05, 0.1) is 34.4 Å². The molecule has 5 aromatic rings. The van der Waals surface area contributed by atoms with Crippen LogP contribution in [0.1, 0.15) is 74.7 Å². The van der Waals surface area contributed by atoms with E-state index in [0.717, 1.165) is 93.8 Å². The summed E-state index contributed by atoms with van der Waals surface area (Å²) in [6, 6.07) is 21.3. The molecule has 316 valence electrons. The number of anilines is 1. The lowest BCUT2D eigenvalue weighted by Crippen LogP contribution is -2.47. The highest BCUT2D eigenvalue weighted by atomic mass is 35.5. The van der Waals surface area contributed by atoms with Crippen molar-refractivity contribution in [2.45, 2.75) is 69.8 Å². The van der Waals surface area contributed by atoms with Gasteiger partial charge in [-0.15, -0.1) is 0 Å². The molecule has 1 saturated heterocycles. The fraction of sp³-hybridized carbons (Fsp3) is 0.391. The van der Waals surface area contributed by atoms with Gasteiger partial charge in [0.1, 0.15) is 22.9 Å². The monoisotopic (exact) mass is 871 g/mol. The number of aliphatic hydroxyl groups is 1. The van der Waals surface area contributed by atoms with Crippen LogP contribution in [0.25, 0.3) is 16.6 Å². The molecule has 1 amide bonds. The summed E-state index contributed by atoms with van der Waals surface area (Å²) in [6.45, 7) is 9.23. The van der Waals surface area contributed by atoms with E-state index in [1.54, 1.807) is 24.5 Å². The van der Waals surface area contributed by atoms with Gasteiger partial charge in [-0.25, -0.2) is 18.1 Å². The number of ether oxygens (including phenoxy) is 2. The molecule has 0 atom stereocenters. The molecule has 3 aliphatic rings. The second kappa shape index (κ2) is 17.8. The van der Waals surface area contributed by atoms with Crippen LogP contribution in [0.2, 0.25) is 10.0 Å². The zero-order valence-electron chi connectivity index (χ0n) is 33.9. The van der Waals surface area contributed by atoms with E-state index in [-0.39, 0.29) is 38.7 Å². The number of nitrogens with one attached hydrogen (secondary N) is 2. The smallest absolute Gasteiger partial charge is 0.268 e. The summed E-state index contributed by atoms with van der Waals surface area (Å²) >= 11 is 12.7. The Balaban J connectivity index is 0.979. The Labute approximate surface area is 361 Å². The molecule has 0 spiro atoms. The second-order valence-corrected chi connectivity index (χ2v) is 19.6. The summed E-state index contributed by atoms with van der Waals surface area (Å²) < 4.78 is 41.7. The second-order valence-electron chi connectivity index (χ2n) is 17.1. The van der Waals surface area contributed by atoms with Gasteiger partial charge in [0.15, 0.2) is 0 Å². The maximum atomic E-state index is 13.9. The number of aromatic nitrogens is 2. The van der Waals surface area contributed by atoms with Crippen LogP contribution in [-0.2, 0) is 10.0 Å². The largest absolute Gasteiger partial charge is 0.492 e. The van der Waals surface area contributed by atoms with Crippen LogP contribution in [0.3, 0.4) is 0 Å². The topological polar surface area (TPSA) is 137 Å². The highest BCUT2D eigenvalue weighted by Crippen LogP contribution is 2.43. The molecule has 8 rings (SSSR count). The number of halogens is 2. The normalized spacial score (nSPS) is 20.0. The van der Waals surface area contributed by atoms with Crippen molar-refractivity contribution in [2.24, 2.45) is 11.3 Å². The van der Waals surface area contributed by atoms with E-state index >= 15 is 0 Å². The predicted octanol–water partition coefficient (Wildman–Crippen LogP) is 9.50. The number of allylic oxidation sites excluding steroid dienone is 1. The van der Waals surface area contributed by atoms with Crippen molar-refractivity contribution >= 4 is 61.4 Å². The number of amides is 1. The third-order valence-corrected chi connectivity index (χ3v) is 14.0. The van der Waals surface area contributed by atoms with Gasteiger partial charge in [-0.1, -0.05) is 54.8 Å². The number of pyridine rings is 1. The van der Waals surface area contributed by atoms with Gasteiger partial charge in [-0.05, 0) is 122 Å². The lowest BCUT2D eigenvalue weighted by atomic mass is 9.72. The first-order chi connectivity index (χ1) is 28.8. The van der Waals surface area contributed by atoms with Crippen LogP contribution in [-0.4, -0.2) is 79.7 Å². The van der Waals surface area contributed by atoms with E-state index in [1.807, 2.05) is 30.3 Å². The number of aromatic amines is 1. The molecule has 2 fully saturated rings. The number of fused-ring (bicyclic) bond motifs is 1. The van der Waals surface area contributed by atoms with Gasteiger partial charge in [0.25, 0.3) is 15.9 Å². The predicted molar refractivity (Wildman–Crippen MR) is 237 cm³/mol. The van der Waals surface area contributed by atoms with Gasteiger partial charge < -0.3 is 24.5 Å². The molecule has 3 aromatic carbocycles. The van der Waals surface area contributed by atoms with Gasteiger partial charge in [0, 0.05) is 61.1 Å². The lowest BCUT2D eigenvalue weighted by Gasteiger charge is -2.39. The number of nitrogens with zero attached hydrogens (tertiary/aromatic N) is 3. The highest BCUT2D eigenvalue weighted by molar-refractivity contribution is 7.90. The van der Waals surface area contributed by atoms with Crippen molar-refractivity contribution in [3.63, 3.8) is 0 Å². The summed E-state index contributed by atoms with van der Waals surface area (Å²) in [7, 11) is -4.34. The molecule has 3 N–H and O–H groups in total. The number of H-pyrrole nitrogens is 1. The molecular formula is C46H51Cl2N5O6S. The molecule has 2 aliphatic carbocycles. The van der Waals surface area contributed by atoms with Crippen LogP contribution in [0.15, 0.2) is 95.7 Å². The fourth-order valence-electron chi connectivity index (χ4n) is 8.50. The highest BCUT2D eigenvalue weighted by Gasteiger charge is 2.30. The Bertz CT molecular complexity index is 2490. The van der Waals surface area contributed by atoms with Gasteiger partial charge >= 0.3 is 0 Å². The third kappa shape index (κ3) is 9.95. The molecular weight excluding hydrogens is 822 g/mol. The van der Waals surface area contributed by atoms with Crippen molar-refractivity contribution in [3.05, 3.63) is 112 Å². The number of hydrogen-bond donors (Lipinski definition) is 3. The molecule has 0 radical (unpaired) electrons. The summed E-state index contributed by atoms with van der Waals surface area (Å²) in [5.41, 5.74) is 5.99. The molecule has 0 unspecified atom stereocenters. The quantitative estimate of drug-likeness (QED) is 0.112. The van der Waals surface area contributed by atoms with Gasteiger partial charge in [-0.2, -0.15) is 0 Å². The molecule has 1 saturated carbocycles. The summed E-state index contributed by atoms with van der Waals surface area (Å²) in [5.74, 6) is 0.374. The Kier molecular flexibility index (Phi) is 12.5. The van der Waals surface area contributed by atoms with E-state index in [4.69, 9.17) is 32.7 Å². The van der Waals surface area contributed by atoms with Gasteiger partial charge in [0.2, 0.25) is 0 Å². The van der Waals surface area contributed by atoms with Gasteiger partial charge in [-0.3, -0.25) is 9.69 Å². The van der Waals surface area contributed by atoms with Crippen molar-refractivity contribution < 1.29 is 27.8 Å². The number of aliphatic hydroxyl groups excluding tert-OH is 1. The zero-order chi connectivity index (χ0) is 42.0. The van der Waals surface area contributed by atoms with Crippen molar-refractivity contribution in [1.29, 1.82) is 0 Å². The molecule has 3 heterocycles. The average molecular weight is 873 g/mol. The van der Waals surface area contributed by atoms with E-state index in [0.29, 0.717) is 23.8 Å². The zero-order valence-corrected chi connectivity index (χ0v) is 36.3. The van der Waals surface area contributed by atoms with E-state index in [9.17, 15) is 18.3 Å². The van der Waals surface area contributed by atoms with Crippen molar-refractivity contribution in [2.75, 3.05) is 44.2 Å². The summed E-state index contributed by atoms with van der Waals surface area (Å²) in [5, 5.41) is 11.5. The first-order valence-corrected chi connectivity index (χ1v) is 22.9.